The molecular weight excluding hydrogens is 346 g/mol. The second-order valence-corrected chi connectivity index (χ2v) is 6.27. The molecule has 0 aromatic heterocycles. The maximum atomic E-state index is 12.8. The number of benzene rings is 2. The van der Waals surface area contributed by atoms with Crippen molar-refractivity contribution >= 4 is 23.6 Å². The molecule has 0 fully saturated rings. The summed E-state index contributed by atoms with van der Waals surface area (Å²) in [6.45, 7) is 0. The van der Waals surface area contributed by atoms with Gasteiger partial charge in [0.1, 0.15) is 6.04 Å². The molecule has 0 aliphatic carbocycles. The van der Waals surface area contributed by atoms with Crippen LogP contribution in [0.15, 0.2) is 54.6 Å². The number of ketones is 1. The molecule has 1 aliphatic heterocycles. The standard InChI is InChI=1S/C21H19NO5/c1-27-19(24)12-11-18(23)17(13-14-7-3-2-4-8-14)22-20(25)15-9-5-6-10-16(15)21(22)26/h2-10,17H,11-13H2,1H3. The van der Waals surface area contributed by atoms with Gasteiger partial charge >= 0.3 is 5.97 Å². The third-order valence-electron chi connectivity index (χ3n) is 4.58. The van der Waals surface area contributed by atoms with Crippen LogP contribution in [0.2, 0.25) is 0 Å². The summed E-state index contributed by atoms with van der Waals surface area (Å²) in [5, 5.41) is 0. The first-order valence-electron chi connectivity index (χ1n) is 8.63. The Bertz CT molecular complexity index is 855. The minimum absolute atomic E-state index is 0.0935. The maximum Gasteiger partial charge on any atom is 0.305 e. The van der Waals surface area contributed by atoms with Gasteiger partial charge in [-0.15, -0.1) is 0 Å². The summed E-state index contributed by atoms with van der Waals surface area (Å²) >= 11 is 0. The first-order valence-corrected chi connectivity index (χ1v) is 8.63. The number of methoxy groups -OCH3 is 1. The molecule has 0 bridgehead atoms. The second-order valence-electron chi connectivity index (χ2n) is 6.27. The molecule has 1 heterocycles. The normalized spacial score (nSPS) is 14.0. The van der Waals surface area contributed by atoms with Crippen molar-refractivity contribution in [1.29, 1.82) is 0 Å². The number of carbonyl (C=O) groups is 4. The molecule has 1 unspecified atom stereocenters. The molecule has 6 heteroatoms. The van der Waals surface area contributed by atoms with E-state index in [1.54, 1.807) is 24.3 Å². The Morgan fingerprint density at radius 2 is 1.44 bits per heavy atom. The molecule has 0 spiro atoms. The van der Waals surface area contributed by atoms with Crippen molar-refractivity contribution in [2.75, 3.05) is 7.11 Å². The highest BCUT2D eigenvalue weighted by atomic mass is 16.5. The summed E-state index contributed by atoms with van der Waals surface area (Å²) in [6.07, 6.45) is 0.00762. The number of ether oxygens (including phenoxy) is 1. The molecule has 2 aromatic rings. The number of rotatable bonds is 7. The molecule has 0 saturated heterocycles. The van der Waals surface area contributed by atoms with Gasteiger partial charge in [-0.1, -0.05) is 42.5 Å². The largest absolute Gasteiger partial charge is 0.469 e. The number of Topliss-reactive ketones (excluding diaryl/α,β-unsaturated/α-hetero) is 1. The Morgan fingerprint density at radius 3 is 2.00 bits per heavy atom. The number of hydrogen-bond acceptors (Lipinski definition) is 5. The number of hydrogen-bond donors (Lipinski definition) is 0. The zero-order valence-electron chi connectivity index (χ0n) is 14.9. The SMILES string of the molecule is COC(=O)CCC(=O)C(Cc1ccccc1)N1C(=O)c2ccccc2C1=O. The molecule has 1 atom stereocenters. The molecule has 0 radical (unpaired) electrons. The third-order valence-corrected chi connectivity index (χ3v) is 4.58. The first kappa shape index (κ1) is 18.5. The van der Waals surface area contributed by atoms with E-state index in [1.807, 2.05) is 30.3 Å². The van der Waals surface area contributed by atoms with Gasteiger partial charge in [-0.2, -0.15) is 0 Å². The summed E-state index contributed by atoms with van der Waals surface area (Å²) in [5.74, 6) is -1.83. The predicted octanol–water partition coefficient (Wildman–Crippen LogP) is 2.42. The van der Waals surface area contributed by atoms with Crippen molar-refractivity contribution in [2.45, 2.75) is 25.3 Å². The molecule has 1 aliphatic rings. The molecule has 2 amide bonds. The van der Waals surface area contributed by atoms with Crippen molar-refractivity contribution in [2.24, 2.45) is 0 Å². The highest BCUT2D eigenvalue weighted by Gasteiger charge is 2.42. The van der Waals surface area contributed by atoms with E-state index in [0.29, 0.717) is 11.1 Å². The van der Waals surface area contributed by atoms with Gasteiger partial charge in [0.25, 0.3) is 11.8 Å². The Balaban J connectivity index is 1.90. The van der Waals surface area contributed by atoms with Crippen LogP contribution < -0.4 is 0 Å². The van der Waals surface area contributed by atoms with E-state index in [0.717, 1.165) is 10.5 Å². The van der Waals surface area contributed by atoms with Gasteiger partial charge in [-0.25, -0.2) is 0 Å². The minimum atomic E-state index is -0.968. The van der Waals surface area contributed by atoms with Crippen LogP contribution in [0.5, 0.6) is 0 Å². The van der Waals surface area contributed by atoms with Crippen molar-refractivity contribution in [3.63, 3.8) is 0 Å². The lowest BCUT2D eigenvalue weighted by molar-refractivity contribution is -0.142. The van der Waals surface area contributed by atoms with E-state index in [4.69, 9.17) is 0 Å². The summed E-state index contributed by atoms with van der Waals surface area (Å²) in [7, 11) is 1.25. The van der Waals surface area contributed by atoms with Crippen molar-refractivity contribution in [3.8, 4) is 0 Å². The Labute approximate surface area is 156 Å². The lowest BCUT2D eigenvalue weighted by Crippen LogP contribution is -2.46. The molecule has 0 saturated carbocycles. The van der Waals surface area contributed by atoms with E-state index >= 15 is 0 Å². The number of imide groups is 1. The van der Waals surface area contributed by atoms with Gasteiger partial charge in [0.2, 0.25) is 0 Å². The lowest BCUT2D eigenvalue weighted by Gasteiger charge is -2.25. The predicted molar refractivity (Wildman–Crippen MR) is 97.1 cm³/mol. The number of carbonyl (C=O) groups excluding carboxylic acids is 4. The fourth-order valence-electron chi connectivity index (χ4n) is 3.17. The van der Waals surface area contributed by atoms with Gasteiger partial charge in [0.05, 0.1) is 24.7 Å². The topological polar surface area (TPSA) is 80.8 Å². The molecule has 0 N–H and O–H groups in total. The van der Waals surface area contributed by atoms with E-state index in [2.05, 4.69) is 4.74 Å². The quantitative estimate of drug-likeness (QED) is 0.556. The van der Waals surface area contributed by atoms with Crippen molar-refractivity contribution in [3.05, 3.63) is 71.3 Å². The van der Waals surface area contributed by atoms with Gasteiger partial charge in [0.15, 0.2) is 5.78 Å². The van der Waals surface area contributed by atoms with Crippen LogP contribution in [0.4, 0.5) is 0 Å². The fraction of sp³-hybridized carbons (Fsp3) is 0.238. The van der Waals surface area contributed by atoms with Crippen molar-refractivity contribution < 1.29 is 23.9 Å². The van der Waals surface area contributed by atoms with Crippen LogP contribution in [-0.4, -0.2) is 41.6 Å². The lowest BCUT2D eigenvalue weighted by atomic mass is 9.98. The van der Waals surface area contributed by atoms with Crippen LogP contribution in [0.3, 0.4) is 0 Å². The molecule has 3 rings (SSSR count). The zero-order valence-corrected chi connectivity index (χ0v) is 14.9. The Morgan fingerprint density at radius 1 is 0.889 bits per heavy atom. The molecule has 27 heavy (non-hydrogen) atoms. The average molecular weight is 365 g/mol. The highest BCUT2D eigenvalue weighted by molar-refractivity contribution is 6.23. The van der Waals surface area contributed by atoms with Gasteiger partial charge in [-0.3, -0.25) is 24.1 Å². The summed E-state index contributed by atoms with van der Waals surface area (Å²) in [6, 6.07) is 14.7. The van der Waals surface area contributed by atoms with Crippen LogP contribution in [0.1, 0.15) is 39.1 Å². The van der Waals surface area contributed by atoms with E-state index in [9.17, 15) is 19.2 Å². The number of esters is 1. The van der Waals surface area contributed by atoms with Crippen LogP contribution >= 0.6 is 0 Å². The van der Waals surface area contributed by atoms with Gasteiger partial charge in [0, 0.05) is 12.8 Å². The Kier molecular flexibility index (Phi) is 5.45. The molecule has 6 nitrogen and oxygen atoms in total. The maximum absolute atomic E-state index is 12.8. The second kappa shape index (κ2) is 7.95. The average Bonchev–Trinajstić information content (AvgIpc) is 2.95. The first-order chi connectivity index (χ1) is 13.0. The fourth-order valence-corrected chi connectivity index (χ4v) is 3.17. The van der Waals surface area contributed by atoms with E-state index in [-0.39, 0.29) is 25.0 Å². The molecular formula is C21H19NO5. The smallest absolute Gasteiger partial charge is 0.305 e. The van der Waals surface area contributed by atoms with Gasteiger partial charge < -0.3 is 4.74 Å². The van der Waals surface area contributed by atoms with Gasteiger partial charge in [-0.05, 0) is 17.7 Å². The number of amides is 2. The van der Waals surface area contributed by atoms with Crippen LogP contribution in [0.25, 0.3) is 0 Å². The number of nitrogens with zero attached hydrogens (tertiary/aromatic N) is 1. The minimum Gasteiger partial charge on any atom is -0.469 e. The van der Waals surface area contributed by atoms with Crippen LogP contribution in [0, 0.1) is 0 Å². The summed E-state index contributed by atoms with van der Waals surface area (Å²) in [5.41, 5.74) is 1.41. The summed E-state index contributed by atoms with van der Waals surface area (Å²) in [4.78, 5) is 50.9. The van der Waals surface area contributed by atoms with E-state index in [1.165, 1.54) is 7.11 Å². The molecule has 2 aromatic carbocycles. The monoisotopic (exact) mass is 365 g/mol. The summed E-state index contributed by atoms with van der Waals surface area (Å²) < 4.78 is 4.58. The van der Waals surface area contributed by atoms with Crippen molar-refractivity contribution in [1.82, 2.24) is 4.90 Å². The molecule has 138 valence electrons. The Hall–Kier alpha value is -3.28. The zero-order chi connectivity index (χ0) is 19.4. The van der Waals surface area contributed by atoms with E-state index < -0.39 is 23.8 Å². The number of fused-ring (bicyclic) bond motifs is 1. The van der Waals surface area contributed by atoms with Crippen LogP contribution in [-0.2, 0) is 20.7 Å². The third kappa shape index (κ3) is 3.79. The highest BCUT2D eigenvalue weighted by Crippen LogP contribution is 2.27.